The quantitative estimate of drug-likeness (QED) is 0.806. The molecule has 0 spiro atoms. The molecule has 24 heavy (non-hydrogen) atoms. The molecule has 2 N–H and O–H groups in total. The lowest BCUT2D eigenvalue weighted by atomic mass is 10.1. The van der Waals surface area contributed by atoms with Crippen LogP contribution < -0.4 is 10.0 Å². The van der Waals surface area contributed by atoms with Gasteiger partial charge < -0.3 is 5.32 Å². The van der Waals surface area contributed by atoms with Gasteiger partial charge in [-0.05, 0) is 31.4 Å². The van der Waals surface area contributed by atoms with Gasteiger partial charge in [-0.2, -0.15) is 5.10 Å². The third-order valence-corrected chi connectivity index (χ3v) is 6.91. The molecule has 9 heteroatoms. The van der Waals surface area contributed by atoms with Gasteiger partial charge in [0.1, 0.15) is 4.21 Å². The minimum atomic E-state index is -3.56. The molecule has 0 fully saturated rings. The molecule has 1 aliphatic rings. The van der Waals surface area contributed by atoms with Crippen molar-refractivity contribution in [1.82, 2.24) is 19.8 Å². The molecule has 1 aliphatic heterocycles. The Balaban J connectivity index is 1.66. The molecule has 0 saturated carbocycles. The van der Waals surface area contributed by atoms with E-state index in [9.17, 15) is 13.2 Å². The van der Waals surface area contributed by atoms with Crippen LogP contribution in [0.3, 0.4) is 0 Å². The average Bonchev–Trinajstić information content (AvgIpc) is 3.18. The summed E-state index contributed by atoms with van der Waals surface area (Å²) >= 11 is 1.16. The van der Waals surface area contributed by atoms with Crippen molar-refractivity contribution < 1.29 is 13.2 Å². The number of aromatic nitrogens is 2. The van der Waals surface area contributed by atoms with Crippen LogP contribution in [0.5, 0.6) is 0 Å². The standard InChI is InChI=1S/C15H20N4O3S2/c1-11(20)16-10-13-5-6-15(23-13)24(21,22)18-9-12-8-17-19-7-3-2-4-14(12)19/h5-6,8,18H,2-4,7,9-10H2,1H3,(H,16,20). The molecule has 0 atom stereocenters. The van der Waals surface area contributed by atoms with Gasteiger partial charge in [-0.25, -0.2) is 13.1 Å². The third-order valence-electron chi connectivity index (χ3n) is 3.93. The fourth-order valence-electron chi connectivity index (χ4n) is 2.69. The molecule has 0 aromatic carbocycles. The topological polar surface area (TPSA) is 93.1 Å². The molecule has 130 valence electrons. The zero-order valence-corrected chi connectivity index (χ0v) is 15.0. The van der Waals surface area contributed by atoms with Crippen LogP contribution in [0.2, 0.25) is 0 Å². The molecule has 0 unspecified atom stereocenters. The third kappa shape index (κ3) is 3.85. The number of aryl methyl sites for hydroxylation is 1. The summed E-state index contributed by atoms with van der Waals surface area (Å²) in [5.41, 5.74) is 2.06. The van der Waals surface area contributed by atoms with Gasteiger partial charge in [-0.1, -0.05) is 0 Å². The van der Waals surface area contributed by atoms with Crippen molar-refractivity contribution in [2.45, 2.75) is 50.0 Å². The molecular formula is C15H20N4O3S2. The molecule has 0 saturated heterocycles. The van der Waals surface area contributed by atoms with E-state index in [0.717, 1.165) is 53.3 Å². The summed E-state index contributed by atoms with van der Waals surface area (Å²) in [6, 6.07) is 3.29. The van der Waals surface area contributed by atoms with Crippen LogP contribution in [0.25, 0.3) is 0 Å². The van der Waals surface area contributed by atoms with E-state index in [1.165, 1.54) is 6.92 Å². The summed E-state index contributed by atoms with van der Waals surface area (Å²) in [7, 11) is -3.56. The van der Waals surface area contributed by atoms with Crippen molar-refractivity contribution in [3.8, 4) is 0 Å². The second-order valence-electron chi connectivity index (χ2n) is 5.75. The maximum Gasteiger partial charge on any atom is 0.250 e. The minimum Gasteiger partial charge on any atom is -0.351 e. The number of thiophene rings is 1. The van der Waals surface area contributed by atoms with Crippen molar-refractivity contribution in [1.29, 1.82) is 0 Å². The Bertz CT molecular complexity index is 839. The monoisotopic (exact) mass is 368 g/mol. The van der Waals surface area contributed by atoms with Crippen LogP contribution >= 0.6 is 11.3 Å². The van der Waals surface area contributed by atoms with Crippen LogP contribution in [0, 0.1) is 0 Å². The molecule has 0 aliphatic carbocycles. The number of nitrogens with zero attached hydrogens (tertiary/aromatic N) is 2. The van der Waals surface area contributed by atoms with Crippen molar-refractivity contribution in [3.05, 3.63) is 34.5 Å². The number of carbonyl (C=O) groups excluding carboxylic acids is 1. The molecule has 0 bridgehead atoms. The number of carbonyl (C=O) groups is 1. The zero-order valence-electron chi connectivity index (χ0n) is 13.4. The van der Waals surface area contributed by atoms with Gasteiger partial charge >= 0.3 is 0 Å². The van der Waals surface area contributed by atoms with Crippen LogP contribution in [-0.2, 0) is 40.9 Å². The first-order valence-electron chi connectivity index (χ1n) is 7.82. The summed E-state index contributed by atoms with van der Waals surface area (Å²) in [5, 5.41) is 6.98. The fourth-order valence-corrected chi connectivity index (χ4v) is 5.03. The normalized spacial score (nSPS) is 14.4. The lowest BCUT2D eigenvalue weighted by Crippen LogP contribution is -2.23. The number of fused-ring (bicyclic) bond motifs is 1. The number of hydrogen-bond acceptors (Lipinski definition) is 5. The van der Waals surface area contributed by atoms with Crippen molar-refractivity contribution >= 4 is 27.3 Å². The van der Waals surface area contributed by atoms with Gasteiger partial charge in [-0.15, -0.1) is 11.3 Å². The highest BCUT2D eigenvalue weighted by molar-refractivity contribution is 7.91. The van der Waals surface area contributed by atoms with Gasteiger partial charge in [0.05, 0.1) is 12.7 Å². The number of sulfonamides is 1. The maximum absolute atomic E-state index is 12.4. The molecular weight excluding hydrogens is 348 g/mol. The van der Waals surface area contributed by atoms with Crippen LogP contribution in [-0.4, -0.2) is 24.1 Å². The van der Waals surface area contributed by atoms with E-state index in [1.807, 2.05) is 4.68 Å². The Hall–Kier alpha value is -1.71. The van der Waals surface area contributed by atoms with Crippen molar-refractivity contribution in [2.75, 3.05) is 0 Å². The number of hydrogen-bond donors (Lipinski definition) is 2. The summed E-state index contributed by atoms with van der Waals surface area (Å²) < 4.78 is 29.7. The van der Waals surface area contributed by atoms with E-state index in [0.29, 0.717) is 6.54 Å². The molecule has 3 heterocycles. The first-order chi connectivity index (χ1) is 11.5. The van der Waals surface area contributed by atoms with Gasteiger partial charge in [0.25, 0.3) is 0 Å². The summed E-state index contributed by atoms with van der Waals surface area (Å²) in [4.78, 5) is 11.7. The van der Waals surface area contributed by atoms with Gasteiger partial charge in [0.15, 0.2) is 0 Å². The Morgan fingerprint density at radius 1 is 1.33 bits per heavy atom. The highest BCUT2D eigenvalue weighted by Crippen LogP contribution is 2.23. The van der Waals surface area contributed by atoms with E-state index >= 15 is 0 Å². The molecule has 3 rings (SSSR count). The molecule has 7 nitrogen and oxygen atoms in total. The second-order valence-corrected chi connectivity index (χ2v) is 8.91. The Morgan fingerprint density at radius 3 is 2.96 bits per heavy atom. The second kappa shape index (κ2) is 7.04. The maximum atomic E-state index is 12.4. The number of nitrogens with one attached hydrogen (secondary N) is 2. The zero-order chi connectivity index (χ0) is 17.2. The van der Waals surface area contributed by atoms with E-state index < -0.39 is 10.0 Å². The smallest absolute Gasteiger partial charge is 0.250 e. The molecule has 0 radical (unpaired) electrons. The average molecular weight is 368 g/mol. The summed E-state index contributed by atoms with van der Waals surface area (Å²) in [5.74, 6) is -0.142. The van der Waals surface area contributed by atoms with E-state index in [1.54, 1.807) is 18.3 Å². The Labute approximate surface area is 145 Å². The van der Waals surface area contributed by atoms with Crippen LogP contribution in [0.15, 0.2) is 22.5 Å². The van der Waals surface area contributed by atoms with Gasteiger partial charge in [-0.3, -0.25) is 9.48 Å². The first-order valence-corrected chi connectivity index (χ1v) is 10.1. The minimum absolute atomic E-state index is 0.142. The largest absolute Gasteiger partial charge is 0.351 e. The van der Waals surface area contributed by atoms with Crippen molar-refractivity contribution in [3.63, 3.8) is 0 Å². The van der Waals surface area contributed by atoms with E-state index in [4.69, 9.17) is 0 Å². The predicted octanol–water partition coefficient (Wildman–Crippen LogP) is 1.40. The van der Waals surface area contributed by atoms with Crippen LogP contribution in [0.4, 0.5) is 0 Å². The summed E-state index contributed by atoms with van der Waals surface area (Å²) in [6.45, 7) is 2.92. The van der Waals surface area contributed by atoms with Crippen molar-refractivity contribution in [2.24, 2.45) is 0 Å². The fraction of sp³-hybridized carbons (Fsp3) is 0.467. The number of rotatable bonds is 6. The van der Waals surface area contributed by atoms with E-state index in [-0.39, 0.29) is 16.7 Å². The van der Waals surface area contributed by atoms with Gasteiger partial charge in [0, 0.05) is 36.1 Å². The lowest BCUT2D eigenvalue weighted by molar-refractivity contribution is -0.119. The Kier molecular flexibility index (Phi) is 5.02. The molecule has 1 amide bonds. The highest BCUT2D eigenvalue weighted by Gasteiger charge is 2.20. The SMILES string of the molecule is CC(=O)NCc1ccc(S(=O)(=O)NCc2cnn3c2CCCC3)s1. The molecule has 2 aromatic rings. The van der Waals surface area contributed by atoms with Crippen LogP contribution in [0.1, 0.15) is 35.9 Å². The lowest BCUT2D eigenvalue weighted by Gasteiger charge is -2.14. The number of amides is 1. The first kappa shape index (κ1) is 17.1. The summed E-state index contributed by atoms with van der Waals surface area (Å²) in [6.07, 6.45) is 4.92. The molecule has 2 aromatic heterocycles. The highest BCUT2D eigenvalue weighted by atomic mass is 32.2. The van der Waals surface area contributed by atoms with Gasteiger partial charge in [0.2, 0.25) is 15.9 Å². The predicted molar refractivity (Wildman–Crippen MR) is 91.0 cm³/mol. The van der Waals surface area contributed by atoms with E-state index in [2.05, 4.69) is 15.1 Å². The Morgan fingerprint density at radius 2 is 2.17 bits per heavy atom.